The Bertz CT molecular complexity index is 728. The average Bonchev–Trinajstić information content (AvgIpc) is 3.33. The minimum atomic E-state index is -0.124. The molecule has 2 saturated carbocycles. The molecule has 0 N–H and O–H groups in total. The maximum atomic E-state index is 13.3. The minimum absolute atomic E-state index is 0.0571. The fraction of sp³-hybridized carbons (Fsp3) is 0.636. The predicted octanol–water partition coefficient (Wildman–Crippen LogP) is 3.52. The second-order valence-electron chi connectivity index (χ2n) is 8.10. The van der Waals surface area contributed by atoms with Gasteiger partial charge in [0.2, 0.25) is 12.7 Å². The van der Waals surface area contributed by atoms with Crippen LogP contribution in [-0.4, -0.2) is 36.7 Å². The summed E-state index contributed by atoms with van der Waals surface area (Å²) in [6.07, 6.45) is 6.24. The monoisotopic (exact) mass is 387 g/mol. The molecular weight excluding hydrogens is 358 g/mol. The van der Waals surface area contributed by atoms with Crippen LogP contribution in [0, 0.1) is 17.8 Å². The van der Waals surface area contributed by atoms with Gasteiger partial charge in [0.15, 0.2) is 11.5 Å². The highest BCUT2D eigenvalue weighted by Gasteiger charge is 2.45. The summed E-state index contributed by atoms with van der Waals surface area (Å²) in [6, 6.07) is 5.85. The first-order chi connectivity index (χ1) is 13.7. The fourth-order valence-electron chi connectivity index (χ4n) is 4.37. The van der Waals surface area contributed by atoms with Crippen LogP contribution >= 0.6 is 0 Å². The first kappa shape index (κ1) is 19.1. The lowest BCUT2D eigenvalue weighted by atomic mass is 9.88. The zero-order chi connectivity index (χ0) is 19.5. The van der Waals surface area contributed by atoms with Crippen molar-refractivity contribution < 1.29 is 23.8 Å². The van der Waals surface area contributed by atoms with Crippen LogP contribution in [0.4, 0.5) is 0 Å². The SMILES string of the molecule is CCOC(=O)[C@H]1C[C@@H]1CN(Cc1ccc2c(c1)OCO2)C(=O)C1CCCCC1. The summed E-state index contributed by atoms with van der Waals surface area (Å²) in [5, 5.41) is 0. The van der Waals surface area contributed by atoms with Crippen LogP contribution in [0.1, 0.15) is 51.0 Å². The molecule has 6 heteroatoms. The topological polar surface area (TPSA) is 65.1 Å². The van der Waals surface area contributed by atoms with E-state index in [-0.39, 0.29) is 36.4 Å². The van der Waals surface area contributed by atoms with Gasteiger partial charge in [-0.05, 0) is 49.8 Å². The van der Waals surface area contributed by atoms with Crippen molar-refractivity contribution in [2.75, 3.05) is 19.9 Å². The molecule has 2 atom stereocenters. The molecule has 0 bridgehead atoms. The average molecular weight is 387 g/mol. The van der Waals surface area contributed by atoms with E-state index in [1.165, 1.54) is 6.42 Å². The van der Waals surface area contributed by atoms with Gasteiger partial charge in [0.05, 0.1) is 12.5 Å². The summed E-state index contributed by atoms with van der Waals surface area (Å²) in [7, 11) is 0. The fourth-order valence-corrected chi connectivity index (χ4v) is 4.37. The van der Waals surface area contributed by atoms with Crippen molar-refractivity contribution >= 4 is 11.9 Å². The van der Waals surface area contributed by atoms with E-state index in [1.807, 2.05) is 30.0 Å². The Hall–Kier alpha value is -2.24. The highest BCUT2D eigenvalue weighted by Crippen LogP contribution is 2.41. The second-order valence-corrected chi connectivity index (χ2v) is 8.10. The van der Waals surface area contributed by atoms with Gasteiger partial charge in [-0.15, -0.1) is 0 Å². The molecule has 1 amide bonds. The number of ether oxygens (including phenoxy) is 3. The summed E-state index contributed by atoms with van der Waals surface area (Å²) in [6.45, 7) is 3.63. The van der Waals surface area contributed by atoms with E-state index < -0.39 is 0 Å². The molecule has 2 fully saturated rings. The number of amides is 1. The number of benzene rings is 1. The first-order valence-corrected chi connectivity index (χ1v) is 10.5. The molecule has 0 radical (unpaired) electrons. The molecule has 28 heavy (non-hydrogen) atoms. The van der Waals surface area contributed by atoms with E-state index in [1.54, 1.807) is 0 Å². The Labute approximate surface area is 166 Å². The van der Waals surface area contributed by atoms with Crippen LogP contribution in [0.2, 0.25) is 0 Å². The lowest BCUT2D eigenvalue weighted by molar-refractivity contribution is -0.145. The lowest BCUT2D eigenvalue weighted by Gasteiger charge is -2.29. The van der Waals surface area contributed by atoms with Gasteiger partial charge in [-0.3, -0.25) is 9.59 Å². The van der Waals surface area contributed by atoms with Gasteiger partial charge in [0, 0.05) is 19.0 Å². The van der Waals surface area contributed by atoms with E-state index in [9.17, 15) is 9.59 Å². The van der Waals surface area contributed by atoms with Gasteiger partial charge < -0.3 is 19.1 Å². The Kier molecular flexibility index (Phi) is 5.74. The van der Waals surface area contributed by atoms with Crippen molar-refractivity contribution in [3.63, 3.8) is 0 Å². The van der Waals surface area contributed by atoms with Crippen LogP contribution in [-0.2, 0) is 20.9 Å². The third-order valence-corrected chi connectivity index (χ3v) is 6.04. The third-order valence-electron chi connectivity index (χ3n) is 6.04. The highest BCUT2D eigenvalue weighted by molar-refractivity contribution is 5.80. The van der Waals surface area contributed by atoms with Gasteiger partial charge in [-0.1, -0.05) is 25.3 Å². The van der Waals surface area contributed by atoms with E-state index >= 15 is 0 Å². The number of hydrogen-bond acceptors (Lipinski definition) is 5. The molecule has 2 aliphatic carbocycles. The Morgan fingerprint density at radius 2 is 1.93 bits per heavy atom. The van der Waals surface area contributed by atoms with Crippen LogP contribution < -0.4 is 9.47 Å². The summed E-state index contributed by atoms with van der Waals surface area (Å²) in [4.78, 5) is 27.2. The van der Waals surface area contributed by atoms with Gasteiger partial charge in [0.25, 0.3) is 0 Å². The number of esters is 1. The van der Waals surface area contributed by atoms with E-state index in [0.717, 1.165) is 49.2 Å². The number of carbonyl (C=O) groups excluding carboxylic acids is 2. The Morgan fingerprint density at radius 3 is 2.71 bits per heavy atom. The van der Waals surface area contributed by atoms with Crippen molar-refractivity contribution in [1.29, 1.82) is 0 Å². The molecule has 0 aromatic heterocycles. The number of rotatable bonds is 7. The van der Waals surface area contributed by atoms with Crippen molar-refractivity contribution in [1.82, 2.24) is 4.90 Å². The smallest absolute Gasteiger partial charge is 0.309 e. The van der Waals surface area contributed by atoms with Crippen LogP contribution in [0.5, 0.6) is 11.5 Å². The minimum Gasteiger partial charge on any atom is -0.466 e. The van der Waals surface area contributed by atoms with Crippen LogP contribution in [0.3, 0.4) is 0 Å². The van der Waals surface area contributed by atoms with Gasteiger partial charge in [-0.25, -0.2) is 0 Å². The van der Waals surface area contributed by atoms with E-state index in [4.69, 9.17) is 14.2 Å². The maximum absolute atomic E-state index is 13.3. The third kappa shape index (κ3) is 4.26. The van der Waals surface area contributed by atoms with Crippen molar-refractivity contribution in [2.24, 2.45) is 17.8 Å². The quantitative estimate of drug-likeness (QED) is 0.670. The molecule has 0 unspecified atom stereocenters. The molecule has 4 rings (SSSR count). The normalized spacial score (nSPS) is 23.3. The maximum Gasteiger partial charge on any atom is 0.309 e. The summed E-state index contributed by atoms with van der Waals surface area (Å²) in [5.41, 5.74) is 1.03. The van der Waals surface area contributed by atoms with Crippen molar-refractivity contribution in [3.05, 3.63) is 23.8 Å². The molecule has 6 nitrogen and oxygen atoms in total. The zero-order valence-electron chi connectivity index (χ0n) is 16.5. The first-order valence-electron chi connectivity index (χ1n) is 10.5. The van der Waals surface area contributed by atoms with Gasteiger partial charge >= 0.3 is 5.97 Å². The molecule has 0 saturated heterocycles. The molecule has 1 aromatic carbocycles. The molecule has 152 valence electrons. The van der Waals surface area contributed by atoms with Gasteiger partial charge in [0.1, 0.15) is 0 Å². The summed E-state index contributed by atoms with van der Waals surface area (Å²) >= 11 is 0. The molecule has 1 aliphatic heterocycles. The summed E-state index contributed by atoms with van der Waals surface area (Å²) < 4.78 is 16.0. The Morgan fingerprint density at radius 1 is 1.14 bits per heavy atom. The van der Waals surface area contributed by atoms with E-state index in [2.05, 4.69) is 0 Å². The Balaban J connectivity index is 1.45. The number of hydrogen-bond donors (Lipinski definition) is 0. The van der Waals surface area contributed by atoms with E-state index in [0.29, 0.717) is 19.7 Å². The standard InChI is InChI=1S/C22H29NO5/c1-2-26-22(25)18-11-17(18)13-23(21(24)16-6-4-3-5-7-16)12-15-8-9-19-20(10-15)28-14-27-19/h8-10,16-18H,2-7,11-14H2,1H3/t17-,18+/m1/s1. The van der Waals surface area contributed by atoms with Crippen molar-refractivity contribution in [3.8, 4) is 11.5 Å². The van der Waals surface area contributed by atoms with Gasteiger partial charge in [-0.2, -0.15) is 0 Å². The molecule has 3 aliphatic rings. The lowest BCUT2D eigenvalue weighted by Crippen LogP contribution is -2.38. The molecule has 1 aromatic rings. The van der Waals surface area contributed by atoms with Crippen LogP contribution in [0.25, 0.3) is 0 Å². The highest BCUT2D eigenvalue weighted by atomic mass is 16.7. The summed E-state index contributed by atoms with van der Waals surface area (Å²) in [5.74, 6) is 1.85. The van der Waals surface area contributed by atoms with Crippen molar-refractivity contribution in [2.45, 2.75) is 52.0 Å². The number of fused-ring (bicyclic) bond motifs is 1. The molecule has 0 spiro atoms. The van der Waals surface area contributed by atoms with Crippen LogP contribution in [0.15, 0.2) is 18.2 Å². The zero-order valence-corrected chi connectivity index (χ0v) is 16.5. The molecule has 1 heterocycles. The number of carbonyl (C=O) groups is 2. The predicted molar refractivity (Wildman–Crippen MR) is 103 cm³/mol. The largest absolute Gasteiger partial charge is 0.466 e. The second kappa shape index (κ2) is 8.41. The molecular formula is C22H29NO5. The number of nitrogens with zero attached hydrogens (tertiary/aromatic N) is 1.